The number of thioether (sulfide) groups is 10. The van der Waals surface area contributed by atoms with E-state index in [0.29, 0.717) is 0 Å². The smallest absolute Gasteiger partial charge is 0.0223 e. The summed E-state index contributed by atoms with van der Waals surface area (Å²) in [6.07, 6.45) is 21.1. The second kappa shape index (κ2) is 74.2. The van der Waals surface area contributed by atoms with Crippen LogP contribution in [0.3, 0.4) is 0 Å². The van der Waals surface area contributed by atoms with Gasteiger partial charge in [-0.3, -0.25) is 0 Å². The van der Waals surface area contributed by atoms with Crippen LogP contribution in [0.4, 0.5) is 0 Å². The zero-order valence-electron chi connectivity index (χ0n) is 28.8. The topological polar surface area (TPSA) is 0 Å². The maximum absolute atomic E-state index is 4.20. The first-order valence-corrected chi connectivity index (χ1v) is 31.5. The maximum Gasteiger partial charge on any atom is 0.0223 e. The molecule has 0 bridgehead atoms. The van der Waals surface area contributed by atoms with Crippen LogP contribution < -0.4 is 0 Å². The Kier molecular flexibility index (Phi) is 109. The molecule has 0 aliphatic rings. The fourth-order valence-electron chi connectivity index (χ4n) is 1.51. The van der Waals surface area contributed by atoms with Crippen LogP contribution in [0, 0.1) is 0 Å². The SMILES string of the molecule is CSCC(CS)SC.CSCC(CS)SC.CSCC(CS)SC.CSCCS.CSCCS.CSCCS.CSCCS. The normalized spacial score (nSPS) is 11.4. The second-order valence-electron chi connectivity index (χ2n) is 7.35. The molecule has 44 heavy (non-hydrogen) atoms. The molecular formula is C27H68S17. The summed E-state index contributed by atoms with van der Waals surface area (Å²) in [4.78, 5) is 0. The molecule has 278 valence electrons. The summed E-state index contributed by atoms with van der Waals surface area (Å²) in [5, 5.41) is 2.23. The molecule has 0 aliphatic carbocycles. The molecule has 3 atom stereocenters. The average Bonchev–Trinajstić information content (AvgIpc) is 3.04. The van der Waals surface area contributed by atoms with E-state index in [4.69, 9.17) is 0 Å². The number of hydrogen-bond donors (Lipinski definition) is 7. The zero-order chi connectivity index (χ0) is 35.7. The standard InChI is InChI=1S/3C5H12S3.4C3H8S2/c3*1-7-4-5(3-6)8-2;4*1-5-3-2-4/h3*5-6H,3-4H2,1-2H3;4*4H,2-3H2,1H3. The highest BCUT2D eigenvalue weighted by Crippen LogP contribution is 2.13. The molecule has 0 amide bonds. The highest BCUT2D eigenvalue weighted by atomic mass is 32.2. The molecule has 0 rings (SSSR count). The van der Waals surface area contributed by atoms with Crippen molar-refractivity contribution in [2.75, 3.05) is 143 Å². The van der Waals surface area contributed by atoms with Gasteiger partial charge in [0.05, 0.1) is 0 Å². The third kappa shape index (κ3) is 86.5. The lowest BCUT2D eigenvalue weighted by Crippen LogP contribution is -2.06. The summed E-state index contributed by atoms with van der Waals surface area (Å²) in [5.41, 5.74) is 0. The van der Waals surface area contributed by atoms with Crippen molar-refractivity contribution in [2.24, 2.45) is 0 Å². The Morgan fingerprint density at radius 3 is 0.523 bits per heavy atom. The average molecular weight is 938 g/mol. The van der Waals surface area contributed by atoms with Gasteiger partial charge in [-0.1, -0.05) is 0 Å². The van der Waals surface area contributed by atoms with Gasteiger partial charge in [-0.2, -0.15) is 206 Å². The van der Waals surface area contributed by atoms with Crippen LogP contribution in [0.15, 0.2) is 0 Å². The third-order valence-electron chi connectivity index (χ3n) is 3.85. The van der Waals surface area contributed by atoms with E-state index in [9.17, 15) is 0 Å². The third-order valence-corrected chi connectivity index (χ3v) is 16.3. The number of hydrogen-bond acceptors (Lipinski definition) is 17. The van der Waals surface area contributed by atoms with E-state index in [1.165, 1.54) is 40.3 Å². The van der Waals surface area contributed by atoms with Gasteiger partial charge in [-0.25, -0.2) is 0 Å². The lowest BCUT2D eigenvalue weighted by Gasteiger charge is -2.06. The lowest BCUT2D eigenvalue weighted by molar-refractivity contribution is 1.16. The lowest BCUT2D eigenvalue weighted by atomic mass is 10.5. The van der Waals surface area contributed by atoms with Gasteiger partial charge in [0.2, 0.25) is 0 Å². The Labute approximate surface area is 360 Å². The van der Waals surface area contributed by atoms with Gasteiger partial charge in [0.25, 0.3) is 0 Å². The van der Waals surface area contributed by atoms with Gasteiger partial charge in [0.1, 0.15) is 0 Å². The molecule has 0 spiro atoms. The van der Waals surface area contributed by atoms with Crippen molar-refractivity contribution in [1.82, 2.24) is 0 Å². The number of thiol groups is 7. The largest absolute Gasteiger partial charge is 0.179 e. The van der Waals surface area contributed by atoms with Gasteiger partial charge in [0, 0.05) is 73.3 Å². The Balaban J connectivity index is -0.0000000735. The van der Waals surface area contributed by atoms with Gasteiger partial charge in [-0.15, -0.1) is 0 Å². The van der Waals surface area contributed by atoms with Gasteiger partial charge in [0.15, 0.2) is 0 Å². The first-order chi connectivity index (χ1) is 21.2. The van der Waals surface area contributed by atoms with Crippen LogP contribution in [0.2, 0.25) is 0 Å². The molecule has 0 saturated carbocycles. The molecule has 0 aromatic carbocycles. The fourth-order valence-corrected chi connectivity index (χ4v) is 11.5. The Bertz CT molecular complexity index is 298. The highest BCUT2D eigenvalue weighted by Gasteiger charge is 2.01. The molecule has 0 aliphatic heterocycles. The van der Waals surface area contributed by atoms with Crippen LogP contribution >= 0.6 is 206 Å². The van der Waals surface area contributed by atoms with Crippen LogP contribution in [-0.2, 0) is 0 Å². The van der Waals surface area contributed by atoms with Crippen molar-refractivity contribution in [3.63, 3.8) is 0 Å². The van der Waals surface area contributed by atoms with Crippen molar-refractivity contribution < 1.29 is 0 Å². The van der Waals surface area contributed by atoms with Gasteiger partial charge < -0.3 is 0 Å². The van der Waals surface area contributed by atoms with Crippen molar-refractivity contribution in [1.29, 1.82) is 0 Å². The van der Waals surface area contributed by atoms with Crippen LogP contribution in [0.1, 0.15) is 0 Å². The summed E-state index contributed by atoms with van der Waals surface area (Å²) in [6, 6.07) is 0. The first kappa shape index (κ1) is 64.9. The van der Waals surface area contributed by atoms with E-state index in [0.717, 1.165) is 56.0 Å². The van der Waals surface area contributed by atoms with E-state index in [1.54, 1.807) is 0 Å². The summed E-state index contributed by atoms with van der Waals surface area (Å²) in [5.74, 6) is 15.4. The van der Waals surface area contributed by atoms with E-state index in [-0.39, 0.29) is 0 Å². The van der Waals surface area contributed by atoms with Gasteiger partial charge >= 0.3 is 0 Å². The molecule has 17 heteroatoms. The van der Waals surface area contributed by atoms with E-state index >= 15 is 0 Å². The monoisotopic (exact) mass is 936 g/mol. The second-order valence-corrected chi connectivity index (χ2v) is 20.3. The number of rotatable bonds is 20. The van der Waals surface area contributed by atoms with Gasteiger partial charge in [-0.05, 0) is 85.6 Å². The molecule has 0 fully saturated rings. The Morgan fingerprint density at radius 2 is 0.500 bits per heavy atom. The molecule has 0 saturated heterocycles. The fraction of sp³-hybridized carbons (Fsp3) is 1.00. The van der Waals surface area contributed by atoms with Crippen molar-refractivity contribution >= 4 is 206 Å². The van der Waals surface area contributed by atoms with E-state index in [2.05, 4.69) is 151 Å². The molecule has 3 unspecified atom stereocenters. The van der Waals surface area contributed by atoms with Crippen LogP contribution in [-0.4, -0.2) is 159 Å². The molecule has 0 heterocycles. The predicted octanol–water partition coefficient (Wildman–Crippen LogP) is 11.1. The minimum atomic E-state index is 0.744. The zero-order valence-corrected chi connectivity index (χ0v) is 43.3. The molecule has 0 N–H and O–H groups in total. The molecule has 0 aromatic rings. The first-order valence-electron chi connectivity index (χ1n) is 13.5. The quantitative estimate of drug-likeness (QED) is 0.0588. The summed E-state index contributed by atoms with van der Waals surface area (Å²) in [7, 11) is 0. The van der Waals surface area contributed by atoms with Crippen molar-refractivity contribution in [3.05, 3.63) is 0 Å². The molecular weight excluding hydrogens is 869 g/mol. The van der Waals surface area contributed by atoms with E-state index < -0.39 is 0 Å². The summed E-state index contributed by atoms with van der Waals surface area (Å²) in [6.45, 7) is 0. The Hall–Kier alpha value is 5.95. The summed E-state index contributed by atoms with van der Waals surface area (Å²) >= 11 is 47.2. The maximum atomic E-state index is 4.20. The highest BCUT2D eigenvalue weighted by molar-refractivity contribution is 8.04. The van der Waals surface area contributed by atoms with Crippen molar-refractivity contribution in [2.45, 2.75) is 15.7 Å². The van der Waals surface area contributed by atoms with Crippen LogP contribution in [0.5, 0.6) is 0 Å². The summed E-state index contributed by atoms with van der Waals surface area (Å²) < 4.78 is 0. The molecule has 0 radical (unpaired) electrons. The minimum Gasteiger partial charge on any atom is -0.179 e. The minimum absolute atomic E-state index is 0.744. The van der Waals surface area contributed by atoms with E-state index in [1.807, 2.05) is 118 Å². The molecule has 0 aromatic heterocycles. The predicted molar refractivity (Wildman–Crippen MR) is 278 cm³/mol. The van der Waals surface area contributed by atoms with Crippen molar-refractivity contribution in [3.8, 4) is 0 Å². The van der Waals surface area contributed by atoms with Crippen LogP contribution in [0.25, 0.3) is 0 Å². The Morgan fingerprint density at radius 1 is 0.318 bits per heavy atom. The molecule has 0 nitrogen and oxygen atoms in total.